The molecule has 2 unspecified atom stereocenters. The Kier molecular flexibility index (Phi) is 3.62. The molecule has 114 valence electrons. The van der Waals surface area contributed by atoms with Gasteiger partial charge in [0.2, 0.25) is 0 Å². The predicted molar refractivity (Wildman–Crippen MR) is 88.6 cm³/mol. The molecule has 1 saturated heterocycles. The molecule has 1 fully saturated rings. The van der Waals surface area contributed by atoms with Gasteiger partial charge in [0.25, 0.3) is 0 Å². The van der Waals surface area contributed by atoms with E-state index in [4.69, 9.17) is 11.6 Å². The highest BCUT2D eigenvalue weighted by Crippen LogP contribution is 2.38. The van der Waals surface area contributed by atoms with E-state index in [-0.39, 0.29) is 16.9 Å². The number of aromatic nitrogens is 2. The lowest BCUT2D eigenvalue weighted by atomic mass is 10.0. The number of nitrogens with zero attached hydrogens (tertiary/aromatic N) is 2. The van der Waals surface area contributed by atoms with Crippen LogP contribution in [0.15, 0.2) is 22.7 Å². The molecule has 7 heteroatoms. The van der Waals surface area contributed by atoms with Gasteiger partial charge in [-0.3, -0.25) is 0 Å². The molecular formula is C14H16BrClN2O2S. The Bertz CT molecular complexity index is 816. The molecule has 1 aliphatic rings. The first-order valence-electron chi connectivity index (χ1n) is 6.75. The molecule has 1 aromatic heterocycles. The van der Waals surface area contributed by atoms with E-state index in [1.807, 2.05) is 36.6 Å². The van der Waals surface area contributed by atoms with E-state index in [2.05, 4.69) is 20.9 Å². The lowest BCUT2D eigenvalue weighted by molar-refractivity contribution is 0.363. The Morgan fingerprint density at radius 3 is 2.76 bits per heavy atom. The lowest BCUT2D eigenvalue weighted by Gasteiger charge is -2.28. The van der Waals surface area contributed by atoms with Crippen LogP contribution in [0.1, 0.15) is 31.5 Å². The van der Waals surface area contributed by atoms with E-state index >= 15 is 0 Å². The monoisotopic (exact) mass is 390 g/mol. The van der Waals surface area contributed by atoms with Crippen LogP contribution in [0.25, 0.3) is 11.0 Å². The van der Waals surface area contributed by atoms with E-state index in [0.29, 0.717) is 6.42 Å². The van der Waals surface area contributed by atoms with Gasteiger partial charge in [-0.25, -0.2) is 13.4 Å². The Balaban J connectivity index is 2.28. The Labute approximate surface area is 137 Å². The number of hydrogen-bond acceptors (Lipinski definition) is 3. The summed E-state index contributed by atoms with van der Waals surface area (Å²) in [5, 5.41) is -0.281. The molecule has 0 radical (unpaired) electrons. The molecule has 3 rings (SSSR count). The van der Waals surface area contributed by atoms with Gasteiger partial charge in [-0.2, -0.15) is 0 Å². The minimum Gasteiger partial charge on any atom is -0.320 e. The highest BCUT2D eigenvalue weighted by molar-refractivity contribution is 9.10. The summed E-state index contributed by atoms with van der Waals surface area (Å²) in [6.07, 6.45) is 0.591. The van der Waals surface area contributed by atoms with E-state index in [0.717, 1.165) is 21.3 Å². The maximum atomic E-state index is 11.9. The second-order valence-electron chi connectivity index (χ2n) is 5.89. The van der Waals surface area contributed by atoms with Crippen LogP contribution in [0.3, 0.4) is 0 Å². The van der Waals surface area contributed by atoms with Crippen LogP contribution < -0.4 is 0 Å². The van der Waals surface area contributed by atoms with E-state index in [9.17, 15) is 8.42 Å². The van der Waals surface area contributed by atoms with Gasteiger partial charge in [0.15, 0.2) is 9.84 Å². The van der Waals surface area contributed by atoms with Gasteiger partial charge >= 0.3 is 0 Å². The average Bonchev–Trinajstić information content (AvgIpc) is 2.87. The van der Waals surface area contributed by atoms with Crippen LogP contribution in [0.5, 0.6) is 0 Å². The fourth-order valence-electron chi connectivity index (χ4n) is 3.08. The molecule has 0 amide bonds. The van der Waals surface area contributed by atoms with E-state index < -0.39 is 15.4 Å². The molecule has 2 aromatic rings. The molecule has 0 N–H and O–H groups in total. The number of halogens is 2. The van der Waals surface area contributed by atoms with Crippen molar-refractivity contribution < 1.29 is 8.42 Å². The van der Waals surface area contributed by atoms with Gasteiger partial charge in [0.1, 0.15) is 5.82 Å². The molecule has 1 aliphatic heterocycles. The first kappa shape index (κ1) is 15.3. The molecule has 0 saturated carbocycles. The summed E-state index contributed by atoms with van der Waals surface area (Å²) in [5.74, 6) is 1.08. The summed E-state index contributed by atoms with van der Waals surface area (Å²) in [5.41, 5.74) is 1.28. The molecule has 2 atom stereocenters. The van der Waals surface area contributed by atoms with Crippen molar-refractivity contribution in [3.63, 3.8) is 0 Å². The van der Waals surface area contributed by atoms with Gasteiger partial charge in [0, 0.05) is 4.47 Å². The van der Waals surface area contributed by atoms with Gasteiger partial charge < -0.3 is 4.57 Å². The molecule has 0 aliphatic carbocycles. The zero-order valence-electron chi connectivity index (χ0n) is 11.8. The summed E-state index contributed by atoms with van der Waals surface area (Å²) in [6.45, 7) is 3.84. The normalized spacial score (nSPS) is 26.3. The van der Waals surface area contributed by atoms with Crippen molar-refractivity contribution in [3.05, 3.63) is 28.5 Å². The summed E-state index contributed by atoms with van der Waals surface area (Å²) < 4.78 is 26.8. The highest BCUT2D eigenvalue weighted by Gasteiger charge is 2.42. The quantitative estimate of drug-likeness (QED) is 0.735. The number of benzene rings is 1. The first-order valence-corrected chi connectivity index (χ1v) is 9.80. The van der Waals surface area contributed by atoms with Crippen molar-refractivity contribution in [1.82, 2.24) is 9.55 Å². The van der Waals surface area contributed by atoms with Crippen molar-refractivity contribution in [1.29, 1.82) is 0 Å². The van der Waals surface area contributed by atoms with Gasteiger partial charge in [-0.05, 0) is 38.5 Å². The summed E-state index contributed by atoms with van der Waals surface area (Å²) in [7, 11) is -3.00. The second kappa shape index (κ2) is 4.96. The van der Waals surface area contributed by atoms with Crippen molar-refractivity contribution in [2.75, 3.05) is 11.5 Å². The largest absolute Gasteiger partial charge is 0.320 e. The topological polar surface area (TPSA) is 52.0 Å². The summed E-state index contributed by atoms with van der Waals surface area (Å²) in [4.78, 5) is 4.62. The van der Waals surface area contributed by atoms with Crippen LogP contribution in [-0.4, -0.2) is 29.5 Å². The molecule has 4 nitrogen and oxygen atoms in total. The van der Waals surface area contributed by atoms with Crippen LogP contribution in [0, 0.1) is 0 Å². The zero-order chi connectivity index (χ0) is 15.4. The molecule has 2 heterocycles. The summed E-state index contributed by atoms with van der Waals surface area (Å²) in [6, 6.07) is 5.84. The summed E-state index contributed by atoms with van der Waals surface area (Å²) >= 11 is 9.73. The zero-order valence-corrected chi connectivity index (χ0v) is 15.0. The number of hydrogen-bond donors (Lipinski definition) is 0. The van der Waals surface area contributed by atoms with Crippen LogP contribution in [-0.2, 0) is 15.4 Å². The maximum absolute atomic E-state index is 11.9. The first-order chi connectivity index (χ1) is 9.72. The highest BCUT2D eigenvalue weighted by atomic mass is 79.9. The van der Waals surface area contributed by atoms with Crippen molar-refractivity contribution in [2.45, 2.75) is 31.2 Å². The molecule has 0 bridgehead atoms. The minimum absolute atomic E-state index is 0.137. The third kappa shape index (κ3) is 2.62. The Morgan fingerprint density at radius 1 is 1.48 bits per heavy atom. The standard InChI is InChI=1S/C14H16BrClN2O2S/c1-9(16)13-17-11-7-10(15)3-4-12(11)18(13)14(2)5-6-21(19,20)8-14/h3-4,7,9H,5-6,8H2,1-2H3. The number of sulfone groups is 1. The van der Waals surface area contributed by atoms with Crippen LogP contribution in [0.2, 0.25) is 0 Å². The second-order valence-corrected chi connectivity index (χ2v) is 9.65. The average molecular weight is 392 g/mol. The van der Waals surface area contributed by atoms with E-state index in [1.165, 1.54) is 0 Å². The molecule has 1 aromatic carbocycles. The number of fused-ring (bicyclic) bond motifs is 1. The van der Waals surface area contributed by atoms with Crippen molar-refractivity contribution in [2.24, 2.45) is 0 Å². The van der Waals surface area contributed by atoms with Crippen molar-refractivity contribution >= 4 is 48.4 Å². The Morgan fingerprint density at radius 2 is 2.19 bits per heavy atom. The molecule has 21 heavy (non-hydrogen) atoms. The third-order valence-electron chi connectivity index (χ3n) is 4.02. The Hall–Kier alpha value is -0.590. The van der Waals surface area contributed by atoms with Gasteiger partial charge in [0.05, 0.1) is 33.5 Å². The number of rotatable bonds is 2. The van der Waals surface area contributed by atoms with Crippen LogP contribution in [0.4, 0.5) is 0 Å². The molecular weight excluding hydrogens is 376 g/mol. The maximum Gasteiger partial charge on any atom is 0.152 e. The predicted octanol–water partition coefficient (Wildman–Crippen LogP) is 3.63. The number of imidazole rings is 1. The third-order valence-corrected chi connectivity index (χ3v) is 6.60. The number of alkyl halides is 1. The SMILES string of the molecule is CC(Cl)c1nc2cc(Br)ccc2n1C1(C)CCS(=O)(=O)C1. The van der Waals surface area contributed by atoms with Gasteiger partial charge in [-0.1, -0.05) is 15.9 Å². The van der Waals surface area contributed by atoms with Gasteiger partial charge in [-0.15, -0.1) is 11.6 Å². The smallest absolute Gasteiger partial charge is 0.152 e. The van der Waals surface area contributed by atoms with Crippen LogP contribution >= 0.6 is 27.5 Å². The lowest BCUT2D eigenvalue weighted by Crippen LogP contribution is -2.33. The van der Waals surface area contributed by atoms with Crippen molar-refractivity contribution in [3.8, 4) is 0 Å². The fraction of sp³-hybridized carbons (Fsp3) is 0.500. The molecule has 0 spiro atoms. The van der Waals surface area contributed by atoms with E-state index in [1.54, 1.807) is 0 Å². The fourth-order valence-corrected chi connectivity index (χ4v) is 5.69. The minimum atomic E-state index is -3.00.